The Bertz CT molecular complexity index is 858. The molecule has 0 saturated carbocycles. The maximum absolute atomic E-state index is 11.9. The summed E-state index contributed by atoms with van der Waals surface area (Å²) in [5.41, 5.74) is 2.30. The number of hydrogen-bond donors (Lipinski definition) is 2. The predicted octanol–water partition coefficient (Wildman–Crippen LogP) is 2.35. The summed E-state index contributed by atoms with van der Waals surface area (Å²) in [5.74, 6) is -0.173. The highest BCUT2D eigenvalue weighted by Crippen LogP contribution is 2.19. The number of nitrogens with zero attached hydrogens (tertiary/aromatic N) is 2. The van der Waals surface area contributed by atoms with Crippen molar-refractivity contribution in [3.63, 3.8) is 0 Å². The van der Waals surface area contributed by atoms with E-state index >= 15 is 0 Å². The van der Waals surface area contributed by atoms with Crippen LogP contribution in [0.5, 0.6) is 0 Å². The van der Waals surface area contributed by atoms with Crippen LogP contribution in [0, 0.1) is 0 Å². The van der Waals surface area contributed by atoms with E-state index in [4.69, 9.17) is 4.42 Å². The van der Waals surface area contributed by atoms with Crippen LogP contribution in [0.2, 0.25) is 0 Å². The summed E-state index contributed by atoms with van der Waals surface area (Å²) >= 11 is 0. The molecule has 0 spiro atoms. The highest BCUT2D eigenvalue weighted by molar-refractivity contribution is 6.03. The minimum atomic E-state index is -0.326. The molecule has 0 unspecified atom stereocenters. The molecule has 2 heterocycles. The highest BCUT2D eigenvalue weighted by Gasteiger charge is 2.10. The van der Waals surface area contributed by atoms with E-state index in [0.717, 1.165) is 5.56 Å². The molecule has 0 radical (unpaired) electrons. The number of nitrogens with one attached hydrogen (secondary N) is 2. The normalized spacial score (nSPS) is 10.2. The van der Waals surface area contributed by atoms with Gasteiger partial charge in [-0.25, -0.2) is 0 Å². The number of hydrogen-bond acceptors (Lipinski definition) is 5. The van der Waals surface area contributed by atoms with Gasteiger partial charge in [0.25, 0.3) is 11.8 Å². The number of benzene rings is 1. The van der Waals surface area contributed by atoms with E-state index in [2.05, 4.69) is 20.8 Å². The lowest BCUT2D eigenvalue weighted by Gasteiger charge is -2.05. The van der Waals surface area contributed by atoms with Crippen LogP contribution in [0.15, 0.2) is 59.4 Å². The van der Waals surface area contributed by atoms with Gasteiger partial charge in [0.05, 0.1) is 17.5 Å². The number of anilines is 1. The summed E-state index contributed by atoms with van der Waals surface area (Å²) in [6.07, 6.45) is 2.77. The van der Waals surface area contributed by atoms with Gasteiger partial charge >= 0.3 is 0 Å². The summed E-state index contributed by atoms with van der Waals surface area (Å²) < 4.78 is 4.86. The van der Waals surface area contributed by atoms with Gasteiger partial charge in [-0.2, -0.15) is 0 Å². The molecule has 2 amide bonds. The molecule has 0 atom stereocenters. The van der Waals surface area contributed by atoms with Crippen molar-refractivity contribution in [2.24, 2.45) is 0 Å². The summed E-state index contributed by atoms with van der Waals surface area (Å²) in [5, 5.41) is 13.3. The first-order valence-corrected chi connectivity index (χ1v) is 7.17. The second-order valence-corrected chi connectivity index (χ2v) is 4.93. The number of amides is 2. The molecule has 2 aromatic heterocycles. The van der Waals surface area contributed by atoms with Crippen molar-refractivity contribution in [1.29, 1.82) is 0 Å². The van der Waals surface area contributed by atoms with E-state index in [9.17, 15) is 9.59 Å². The Hall–Kier alpha value is -3.48. The zero-order valence-electron chi connectivity index (χ0n) is 12.8. The standard InChI is InChI=1S/C17H14N4O3/c1-18-16(22)12-4-2-3-11(9-12)14-5-6-15(21-20-14)19-17(23)13-7-8-24-10-13/h2-10H,1H3,(H,18,22)(H,19,21,23). The van der Waals surface area contributed by atoms with Crippen LogP contribution in [-0.2, 0) is 0 Å². The highest BCUT2D eigenvalue weighted by atomic mass is 16.3. The average Bonchev–Trinajstić information content (AvgIpc) is 3.16. The molecule has 3 rings (SSSR count). The Morgan fingerprint density at radius 3 is 2.54 bits per heavy atom. The van der Waals surface area contributed by atoms with Gasteiger partial charge in [0.1, 0.15) is 6.26 Å². The quantitative estimate of drug-likeness (QED) is 0.768. The number of furan rings is 1. The van der Waals surface area contributed by atoms with Gasteiger partial charge in [-0.05, 0) is 30.3 Å². The first-order chi connectivity index (χ1) is 11.7. The number of rotatable bonds is 4. The van der Waals surface area contributed by atoms with Crippen molar-refractivity contribution in [3.05, 3.63) is 66.1 Å². The zero-order chi connectivity index (χ0) is 16.9. The molecule has 1 aromatic carbocycles. The smallest absolute Gasteiger partial charge is 0.260 e. The molecule has 24 heavy (non-hydrogen) atoms. The van der Waals surface area contributed by atoms with Gasteiger partial charge in [0.2, 0.25) is 0 Å². The summed E-state index contributed by atoms with van der Waals surface area (Å²) in [6.45, 7) is 0. The predicted molar refractivity (Wildman–Crippen MR) is 87.5 cm³/mol. The second-order valence-electron chi connectivity index (χ2n) is 4.93. The molecule has 2 N–H and O–H groups in total. The van der Waals surface area contributed by atoms with Gasteiger partial charge in [0, 0.05) is 18.2 Å². The molecule has 7 heteroatoms. The van der Waals surface area contributed by atoms with Gasteiger partial charge in [-0.15, -0.1) is 10.2 Å². The van der Waals surface area contributed by atoms with E-state index in [1.54, 1.807) is 43.4 Å². The summed E-state index contributed by atoms with van der Waals surface area (Å²) in [6, 6.07) is 12.0. The van der Waals surface area contributed by atoms with Gasteiger partial charge in [0.15, 0.2) is 5.82 Å². The topological polar surface area (TPSA) is 97.1 Å². The number of carbonyl (C=O) groups is 2. The van der Waals surface area contributed by atoms with Crippen molar-refractivity contribution in [3.8, 4) is 11.3 Å². The minimum Gasteiger partial charge on any atom is -0.472 e. The largest absolute Gasteiger partial charge is 0.472 e. The first kappa shape index (κ1) is 15.4. The zero-order valence-corrected chi connectivity index (χ0v) is 12.8. The van der Waals surface area contributed by atoms with Crippen LogP contribution < -0.4 is 10.6 Å². The maximum atomic E-state index is 11.9. The molecule has 7 nitrogen and oxygen atoms in total. The first-order valence-electron chi connectivity index (χ1n) is 7.17. The Morgan fingerprint density at radius 2 is 1.88 bits per heavy atom. The summed E-state index contributed by atoms with van der Waals surface area (Å²) in [7, 11) is 1.58. The number of carbonyl (C=O) groups excluding carboxylic acids is 2. The van der Waals surface area contributed by atoms with Crippen LogP contribution in [0.25, 0.3) is 11.3 Å². The van der Waals surface area contributed by atoms with Crippen LogP contribution in [-0.4, -0.2) is 29.1 Å². The molecule has 0 fully saturated rings. The van der Waals surface area contributed by atoms with E-state index < -0.39 is 0 Å². The number of aromatic nitrogens is 2. The lowest BCUT2D eigenvalue weighted by atomic mass is 10.1. The molecular weight excluding hydrogens is 308 g/mol. The Morgan fingerprint density at radius 1 is 1.00 bits per heavy atom. The van der Waals surface area contributed by atoms with Crippen LogP contribution in [0.3, 0.4) is 0 Å². The van der Waals surface area contributed by atoms with Crippen molar-refractivity contribution < 1.29 is 14.0 Å². The third-order valence-corrected chi connectivity index (χ3v) is 3.34. The van der Waals surface area contributed by atoms with E-state index in [0.29, 0.717) is 22.6 Å². The third-order valence-electron chi connectivity index (χ3n) is 3.34. The maximum Gasteiger partial charge on any atom is 0.260 e. The average molecular weight is 322 g/mol. The second kappa shape index (κ2) is 6.74. The van der Waals surface area contributed by atoms with Gasteiger partial charge in [-0.3, -0.25) is 9.59 Å². The SMILES string of the molecule is CNC(=O)c1cccc(-c2ccc(NC(=O)c3ccoc3)nn2)c1. The third kappa shape index (κ3) is 3.30. The van der Waals surface area contributed by atoms with Gasteiger partial charge in [-0.1, -0.05) is 12.1 Å². The lowest BCUT2D eigenvalue weighted by Crippen LogP contribution is -2.17. The molecule has 3 aromatic rings. The molecule has 0 bridgehead atoms. The lowest BCUT2D eigenvalue weighted by molar-refractivity contribution is 0.0962. The minimum absolute atomic E-state index is 0.172. The monoisotopic (exact) mass is 322 g/mol. The molecular formula is C17H14N4O3. The molecule has 120 valence electrons. The molecule has 0 saturated heterocycles. The van der Waals surface area contributed by atoms with Crippen molar-refractivity contribution >= 4 is 17.6 Å². The fourth-order valence-electron chi connectivity index (χ4n) is 2.10. The molecule has 0 aliphatic rings. The van der Waals surface area contributed by atoms with E-state index in [1.165, 1.54) is 12.5 Å². The Labute approximate surface area is 137 Å². The van der Waals surface area contributed by atoms with Crippen LogP contribution in [0.4, 0.5) is 5.82 Å². The van der Waals surface area contributed by atoms with Gasteiger partial charge < -0.3 is 15.1 Å². The van der Waals surface area contributed by atoms with Crippen LogP contribution in [0.1, 0.15) is 20.7 Å². The Kier molecular flexibility index (Phi) is 4.33. The van der Waals surface area contributed by atoms with E-state index in [1.807, 2.05) is 6.07 Å². The summed E-state index contributed by atoms with van der Waals surface area (Å²) in [4.78, 5) is 23.6. The van der Waals surface area contributed by atoms with Crippen molar-refractivity contribution in [2.75, 3.05) is 12.4 Å². The fraction of sp³-hybridized carbons (Fsp3) is 0.0588. The van der Waals surface area contributed by atoms with Crippen LogP contribution >= 0.6 is 0 Å². The van der Waals surface area contributed by atoms with Crippen molar-refractivity contribution in [2.45, 2.75) is 0 Å². The van der Waals surface area contributed by atoms with Crippen molar-refractivity contribution in [1.82, 2.24) is 15.5 Å². The molecule has 0 aliphatic heterocycles. The molecule has 0 aliphatic carbocycles. The Balaban J connectivity index is 1.77. The van der Waals surface area contributed by atoms with E-state index in [-0.39, 0.29) is 11.8 Å². The fourth-order valence-corrected chi connectivity index (χ4v) is 2.10.